The van der Waals surface area contributed by atoms with E-state index in [1.54, 1.807) is 11.3 Å². The third-order valence-corrected chi connectivity index (χ3v) is 4.90. The molecule has 0 aromatic carbocycles. The number of nitrogens with one attached hydrogen (secondary N) is 1. The molecule has 1 aromatic heterocycles. The van der Waals surface area contributed by atoms with Gasteiger partial charge in [0, 0.05) is 43.4 Å². The number of anilines is 1. The summed E-state index contributed by atoms with van der Waals surface area (Å²) in [5.41, 5.74) is 0.00992. The first-order valence-electron chi connectivity index (χ1n) is 7.61. The van der Waals surface area contributed by atoms with Crippen LogP contribution in [0.4, 0.5) is 5.13 Å². The zero-order valence-electron chi connectivity index (χ0n) is 13.1. The van der Waals surface area contributed by atoms with Crippen molar-refractivity contribution in [3.05, 3.63) is 11.1 Å². The Balaban J connectivity index is 1.85. The number of nitrogens with zero attached hydrogens (tertiary/aromatic N) is 2. The van der Waals surface area contributed by atoms with Gasteiger partial charge >= 0.3 is 0 Å². The summed E-state index contributed by atoms with van der Waals surface area (Å²) >= 11 is 1.80. The molecular formula is C15H27N3OS. The summed E-state index contributed by atoms with van der Waals surface area (Å²) in [5.74, 6) is 0. The predicted molar refractivity (Wildman–Crippen MR) is 85.6 cm³/mol. The molecular weight excluding hydrogens is 270 g/mol. The molecule has 2 heterocycles. The monoisotopic (exact) mass is 297 g/mol. The van der Waals surface area contributed by atoms with Gasteiger partial charge in [-0.1, -0.05) is 0 Å². The van der Waals surface area contributed by atoms with Crippen molar-refractivity contribution in [2.24, 2.45) is 0 Å². The Kier molecular flexibility index (Phi) is 5.41. The van der Waals surface area contributed by atoms with E-state index in [-0.39, 0.29) is 5.60 Å². The molecule has 2 rings (SSSR count). The molecule has 20 heavy (non-hydrogen) atoms. The van der Waals surface area contributed by atoms with Crippen LogP contribution in [0.25, 0.3) is 0 Å². The standard InChI is InChI=1S/C15H27N3OS/c1-5-18(6-2)14-17-11-13(20-14)10-16-12-7-8-19-15(3,4)9-12/h11-12,16H,5-10H2,1-4H3. The minimum Gasteiger partial charge on any atom is -0.375 e. The zero-order valence-corrected chi connectivity index (χ0v) is 13.9. The minimum atomic E-state index is 0.00992. The third-order valence-electron chi connectivity index (χ3n) is 3.84. The van der Waals surface area contributed by atoms with E-state index in [0.29, 0.717) is 6.04 Å². The Labute approximate surface area is 126 Å². The summed E-state index contributed by atoms with van der Waals surface area (Å²) in [6, 6.07) is 0.553. The molecule has 1 atom stereocenters. The number of thiazole rings is 1. The van der Waals surface area contributed by atoms with Crippen LogP contribution in [-0.4, -0.2) is 36.3 Å². The summed E-state index contributed by atoms with van der Waals surface area (Å²) in [6.45, 7) is 12.5. The summed E-state index contributed by atoms with van der Waals surface area (Å²) in [6.07, 6.45) is 4.19. The van der Waals surface area contributed by atoms with Crippen LogP contribution in [0.3, 0.4) is 0 Å². The van der Waals surface area contributed by atoms with Crippen LogP contribution in [0.5, 0.6) is 0 Å². The van der Waals surface area contributed by atoms with Crippen molar-refractivity contribution in [3.8, 4) is 0 Å². The highest BCUT2D eigenvalue weighted by molar-refractivity contribution is 7.15. The lowest BCUT2D eigenvalue weighted by atomic mass is 9.94. The summed E-state index contributed by atoms with van der Waals surface area (Å²) in [5, 5.41) is 4.79. The molecule has 5 heteroatoms. The smallest absolute Gasteiger partial charge is 0.185 e. The molecule has 0 bridgehead atoms. The minimum absolute atomic E-state index is 0.00992. The van der Waals surface area contributed by atoms with E-state index in [9.17, 15) is 0 Å². The van der Waals surface area contributed by atoms with Crippen molar-refractivity contribution in [3.63, 3.8) is 0 Å². The normalized spacial score (nSPS) is 21.9. The van der Waals surface area contributed by atoms with E-state index in [1.807, 2.05) is 6.20 Å². The summed E-state index contributed by atoms with van der Waals surface area (Å²) < 4.78 is 5.76. The fourth-order valence-electron chi connectivity index (χ4n) is 2.67. The Bertz CT molecular complexity index is 415. The van der Waals surface area contributed by atoms with Crippen LogP contribution >= 0.6 is 11.3 Å². The predicted octanol–water partition coefficient (Wildman–Crippen LogP) is 3.04. The van der Waals surface area contributed by atoms with E-state index in [4.69, 9.17) is 4.74 Å². The lowest BCUT2D eigenvalue weighted by Gasteiger charge is -2.35. The van der Waals surface area contributed by atoms with Gasteiger partial charge in [0.15, 0.2) is 5.13 Å². The second kappa shape index (κ2) is 6.87. The van der Waals surface area contributed by atoms with Gasteiger partial charge in [-0.3, -0.25) is 0 Å². The molecule has 4 nitrogen and oxygen atoms in total. The number of aromatic nitrogens is 1. The van der Waals surface area contributed by atoms with Crippen molar-refractivity contribution in [1.29, 1.82) is 0 Å². The summed E-state index contributed by atoms with van der Waals surface area (Å²) in [4.78, 5) is 8.14. The van der Waals surface area contributed by atoms with Crippen molar-refractivity contribution in [2.45, 2.75) is 58.7 Å². The molecule has 1 aromatic rings. The Morgan fingerprint density at radius 3 is 2.85 bits per heavy atom. The third kappa shape index (κ3) is 4.17. The maximum absolute atomic E-state index is 5.76. The van der Waals surface area contributed by atoms with E-state index >= 15 is 0 Å². The van der Waals surface area contributed by atoms with E-state index in [0.717, 1.165) is 44.2 Å². The van der Waals surface area contributed by atoms with Crippen molar-refractivity contribution < 1.29 is 4.74 Å². The highest BCUT2D eigenvalue weighted by atomic mass is 32.1. The fourth-order valence-corrected chi connectivity index (χ4v) is 3.66. The average molecular weight is 297 g/mol. The first-order valence-corrected chi connectivity index (χ1v) is 8.42. The second-order valence-electron chi connectivity index (χ2n) is 5.96. The lowest BCUT2D eigenvalue weighted by Crippen LogP contribution is -2.43. The van der Waals surface area contributed by atoms with E-state index in [1.165, 1.54) is 4.88 Å². The van der Waals surface area contributed by atoms with Crippen LogP contribution in [0.2, 0.25) is 0 Å². The van der Waals surface area contributed by atoms with E-state index < -0.39 is 0 Å². The van der Waals surface area contributed by atoms with Gasteiger partial charge in [0.2, 0.25) is 0 Å². The molecule has 1 fully saturated rings. The molecule has 0 spiro atoms. The molecule has 0 radical (unpaired) electrons. The van der Waals surface area contributed by atoms with Crippen LogP contribution in [0, 0.1) is 0 Å². The number of hydrogen-bond acceptors (Lipinski definition) is 5. The van der Waals surface area contributed by atoms with Gasteiger partial charge in [0.05, 0.1) is 5.60 Å². The van der Waals surface area contributed by atoms with Gasteiger partial charge < -0.3 is 15.0 Å². The Hall–Kier alpha value is -0.650. The largest absolute Gasteiger partial charge is 0.375 e. The van der Waals surface area contributed by atoms with Gasteiger partial charge in [-0.2, -0.15) is 0 Å². The SMILES string of the molecule is CCN(CC)c1ncc(CNC2CCOC(C)(C)C2)s1. The zero-order chi connectivity index (χ0) is 14.6. The van der Waals surface area contributed by atoms with Gasteiger partial charge in [-0.15, -0.1) is 11.3 Å². The maximum atomic E-state index is 5.76. The number of ether oxygens (including phenoxy) is 1. The topological polar surface area (TPSA) is 37.4 Å². The first-order chi connectivity index (χ1) is 9.54. The molecule has 1 unspecified atom stereocenters. The van der Waals surface area contributed by atoms with Gasteiger partial charge in [0.25, 0.3) is 0 Å². The molecule has 1 aliphatic heterocycles. The molecule has 0 amide bonds. The van der Waals surface area contributed by atoms with E-state index in [2.05, 4.69) is 42.9 Å². The van der Waals surface area contributed by atoms with Crippen molar-refractivity contribution in [2.75, 3.05) is 24.6 Å². The molecule has 1 saturated heterocycles. The van der Waals surface area contributed by atoms with Crippen LogP contribution in [0.1, 0.15) is 45.4 Å². The number of hydrogen-bond donors (Lipinski definition) is 1. The fraction of sp³-hybridized carbons (Fsp3) is 0.800. The maximum Gasteiger partial charge on any atom is 0.185 e. The van der Waals surface area contributed by atoms with Gasteiger partial charge in [-0.05, 0) is 40.5 Å². The Morgan fingerprint density at radius 2 is 2.20 bits per heavy atom. The van der Waals surface area contributed by atoms with Gasteiger partial charge in [0.1, 0.15) is 0 Å². The van der Waals surface area contributed by atoms with Crippen LogP contribution in [0.15, 0.2) is 6.20 Å². The highest BCUT2D eigenvalue weighted by Crippen LogP contribution is 2.25. The lowest BCUT2D eigenvalue weighted by molar-refractivity contribution is -0.0630. The van der Waals surface area contributed by atoms with Crippen LogP contribution < -0.4 is 10.2 Å². The summed E-state index contributed by atoms with van der Waals surface area (Å²) in [7, 11) is 0. The molecule has 0 saturated carbocycles. The molecule has 0 aliphatic carbocycles. The molecule has 114 valence electrons. The average Bonchev–Trinajstić information content (AvgIpc) is 2.86. The van der Waals surface area contributed by atoms with Crippen molar-refractivity contribution in [1.82, 2.24) is 10.3 Å². The highest BCUT2D eigenvalue weighted by Gasteiger charge is 2.28. The quantitative estimate of drug-likeness (QED) is 0.876. The molecule has 1 aliphatic rings. The molecule has 1 N–H and O–H groups in total. The first kappa shape index (κ1) is 15.7. The van der Waals surface area contributed by atoms with Crippen LogP contribution in [-0.2, 0) is 11.3 Å². The van der Waals surface area contributed by atoms with Gasteiger partial charge in [-0.25, -0.2) is 4.98 Å². The Morgan fingerprint density at radius 1 is 1.45 bits per heavy atom. The second-order valence-corrected chi connectivity index (χ2v) is 7.05. The van der Waals surface area contributed by atoms with Crippen molar-refractivity contribution >= 4 is 16.5 Å². The number of rotatable bonds is 6.